The highest BCUT2D eigenvalue weighted by Gasteiger charge is 2.25. The number of rotatable bonds is 9. The van der Waals surface area contributed by atoms with Gasteiger partial charge in [0, 0.05) is 12.3 Å². The van der Waals surface area contributed by atoms with E-state index in [-0.39, 0.29) is 24.5 Å². The number of nitrogens with zero attached hydrogens (tertiary/aromatic N) is 2. The van der Waals surface area contributed by atoms with Gasteiger partial charge in [-0.2, -0.15) is 0 Å². The van der Waals surface area contributed by atoms with Crippen LogP contribution in [0.5, 0.6) is 0 Å². The van der Waals surface area contributed by atoms with Crippen molar-refractivity contribution in [1.82, 2.24) is 10.8 Å². The van der Waals surface area contributed by atoms with E-state index in [1.165, 1.54) is 6.92 Å². The fraction of sp³-hybridized carbons (Fsp3) is 0.889. The molecule has 9 nitrogen and oxygen atoms in total. The number of Topliss-reactive ketones (excluding diaryl/α,β-unsaturated/α-hetero) is 1. The van der Waals surface area contributed by atoms with Crippen molar-refractivity contribution < 1.29 is 35.3 Å². The number of carbonyl (C=O) groups excluding carboxylic acids is 1. The molecule has 9 heteroatoms. The Morgan fingerprint density at radius 2 is 1.56 bits per heavy atom. The average Bonchev–Trinajstić information content (AvgIpc) is 2.21. The Morgan fingerprint density at radius 3 is 1.94 bits per heavy atom. The zero-order chi connectivity index (χ0) is 14.3. The largest absolute Gasteiger partial charge is 0.299 e. The minimum Gasteiger partial charge on any atom is -0.299 e. The summed E-state index contributed by atoms with van der Waals surface area (Å²) >= 11 is 0. The first kappa shape index (κ1) is 17.4. The van der Waals surface area contributed by atoms with E-state index in [1.54, 1.807) is 13.8 Å². The van der Waals surface area contributed by atoms with Crippen LogP contribution in [0.2, 0.25) is 0 Å². The van der Waals surface area contributed by atoms with E-state index in [9.17, 15) is 4.79 Å². The summed E-state index contributed by atoms with van der Waals surface area (Å²) in [6, 6.07) is 0. The van der Waals surface area contributed by atoms with Gasteiger partial charge in [-0.1, -0.05) is 13.8 Å². The predicted molar refractivity (Wildman–Crippen MR) is 55.3 cm³/mol. The Bertz CT molecular complexity index is 247. The fourth-order valence-corrected chi connectivity index (χ4v) is 1.28. The lowest BCUT2D eigenvalue weighted by Gasteiger charge is -2.24. The molecule has 0 heterocycles. The lowest BCUT2D eigenvalue weighted by Crippen LogP contribution is -2.38. The lowest BCUT2D eigenvalue weighted by molar-refractivity contribution is -0.537. The zero-order valence-corrected chi connectivity index (χ0v) is 10.6. The lowest BCUT2D eigenvalue weighted by atomic mass is 10.0. The van der Waals surface area contributed by atoms with Crippen LogP contribution in [0.25, 0.3) is 0 Å². The quantitative estimate of drug-likeness (QED) is 0.449. The van der Waals surface area contributed by atoms with Gasteiger partial charge in [-0.3, -0.25) is 25.6 Å². The number of carbonyl (C=O) groups is 1. The number of hydrogen-bond donors (Lipinski definition) is 4. The Balaban J connectivity index is 4.34. The highest BCUT2D eigenvalue weighted by molar-refractivity contribution is 5.80. The molecular weight excluding hydrogens is 248 g/mol. The highest BCUT2D eigenvalue weighted by Crippen LogP contribution is 2.14. The van der Waals surface area contributed by atoms with E-state index in [4.69, 9.17) is 20.8 Å². The van der Waals surface area contributed by atoms with Gasteiger partial charge in [-0.25, -0.2) is 9.68 Å². The Morgan fingerprint density at radius 1 is 1.06 bits per heavy atom. The van der Waals surface area contributed by atoms with E-state index in [0.29, 0.717) is 0 Å². The van der Waals surface area contributed by atoms with Crippen LogP contribution in [0.1, 0.15) is 33.6 Å². The molecule has 0 saturated carbocycles. The van der Waals surface area contributed by atoms with Crippen molar-refractivity contribution in [3.05, 3.63) is 0 Å². The summed E-state index contributed by atoms with van der Waals surface area (Å²) in [4.78, 5) is 20.5. The standard InChI is InChI=1S/C9H20N2O7/c1-6(2)8(12)4-5-9(18-11(15)16)7(3)17-10(13)14/h6-7,9,13-16H,4-5H2,1-3H3/t7-,9-/m1/s1. The van der Waals surface area contributed by atoms with Crippen LogP contribution < -0.4 is 0 Å². The van der Waals surface area contributed by atoms with E-state index in [2.05, 4.69) is 9.68 Å². The summed E-state index contributed by atoms with van der Waals surface area (Å²) < 4.78 is 0. The second-order valence-electron chi connectivity index (χ2n) is 4.12. The average molecular weight is 268 g/mol. The molecule has 18 heavy (non-hydrogen) atoms. The molecule has 0 aliphatic carbocycles. The van der Waals surface area contributed by atoms with Crippen LogP contribution in [0.4, 0.5) is 0 Å². The second kappa shape index (κ2) is 8.45. The van der Waals surface area contributed by atoms with Crippen LogP contribution in [-0.4, -0.2) is 49.6 Å². The minimum atomic E-state index is -0.940. The minimum absolute atomic E-state index is 0.0249. The van der Waals surface area contributed by atoms with Gasteiger partial charge in [-0.05, 0) is 13.3 Å². The van der Waals surface area contributed by atoms with Crippen LogP contribution in [0.3, 0.4) is 0 Å². The maximum Gasteiger partial charge on any atom is 0.135 e. The number of hydrogen-bond acceptors (Lipinski definition) is 9. The van der Waals surface area contributed by atoms with E-state index in [1.807, 2.05) is 0 Å². The molecule has 108 valence electrons. The molecule has 0 fully saturated rings. The molecule has 0 amide bonds. The van der Waals surface area contributed by atoms with Crippen LogP contribution in [-0.2, 0) is 14.5 Å². The number of ketones is 1. The van der Waals surface area contributed by atoms with Crippen LogP contribution >= 0.6 is 0 Å². The smallest absolute Gasteiger partial charge is 0.135 e. The summed E-state index contributed by atoms with van der Waals surface area (Å²) in [6.07, 6.45) is -1.59. The first-order valence-electron chi connectivity index (χ1n) is 5.46. The van der Waals surface area contributed by atoms with E-state index < -0.39 is 23.0 Å². The zero-order valence-electron chi connectivity index (χ0n) is 10.6. The van der Waals surface area contributed by atoms with Gasteiger partial charge >= 0.3 is 0 Å². The van der Waals surface area contributed by atoms with Gasteiger partial charge in [0.15, 0.2) is 0 Å². The molecule has 0 spiro atoms. The van der Waals surface area contributed by atoms with Crippen molar-refractivity contribution in [3.63, 3.8) is 0 Å². The maximum absolute atomic E-state index is 11.4. The van der Waals surface area contributed by atoms with Crippen molar-refractivity contribution in [2.75, 3.05) is 0 Å². The molecule has 0 aromatic heterocycles. The molecule has 0 aromatic carbocycles. The molecule has 0 saturated heterocycles. The first-order valence-corrected chi connectivity index (χ1v) is 5.46. The third-order valence-corrected chi connectivity index (χ3v) is 2.33. The fourth-order valence-electron chi connectivity index (χ4n) is 1.28. The Labute approximate surface area is 104 Å². The summed E-state index contributed by atoms with van der Waals surface area (Å²) in [7, 11) is 0. The van der Waals surface area contributed by atoms with E-state index >= 15 is 0 Å². The van der Waals surface area contributed by atoms with Gasteiger partial charge in [0.05, 0.1) is 10.8 Å². The maximum atomic E-state index is 11.4. The Kier molecular flexibility index (Phi) is 8.15. The summed E-state index contributed by atoms with van der Waals surface area (Å²) in [5, 5.41) is 33.1. The third kappa shape index (κ3) is 7.63. The van der Waals surface area contributed by atoms with Crippen molar-refractivity contribution in [2.45, 2.75) is 45.8 Å². The molecule has 2 atom stereocenters. The highest BCUT2D eigenvalue weighted by atomic mass is 17.1. The van der Waals surface area contributed by atoms with Crippen molar-refractivity contribution in [2.24, 2.45) is 5.92 Å². The topological polar surface area (TPSA) is 123 Å². The molecule has 0 unspecified atom stereocenters. The van der Waals surface area contributed by atoms with Crippen molar-refractivity contribution in [3.8, 4) is 0 Å². The molecule has 0 aliphatic heterocycles. The van der Waals surface area contributed by atoms with Gasteiger partial charge in [0.25, 0.3) is 0 Å². The van der Waals surface area contributed by atoms with Gasteiger partial charge < -0.3 is 0 Å². The molecule has 4 N–H and O–H groups in total. The van der Waals surface area contributed by atoms with Crippen molar-refractivity contribution >= 4 is 5.78 Å². The molecule has 0 bridgehead atoms. The van der Waals surface area contributed by atoms with Gasteiger partial charge in [-0.15, -0.1) is 0 Å². The normalized spacial score (nSPS) is 15.4. The Hall–Kier alpha value is -0.650. The molecule has 0 radical (unpaired) electrons. The third-order valence-electron chi connectivity index (χ3n) is 2.33. The summed E-state index contributed by atoms with van der Waals surface area (Å²) in [5.74, 6) is -0.170. The molecule has 0 aromatic rings. The molecule has 0 rings (SSSR count). The van der Waals surface area contributed by atoms with Crippen LogP contribution in [0, 0.1) is 5.92 Å². The first-order chi connectivity index (χ1) is 8.23. The second-order valence-corrected chi connectivity index (χ2v) is 4.12. The van der Waals surface area contributed by atoms with Crippen molar-refractivity contribution in [1.29, 1.82) is 0 Å². The summed E-state index contributed by atoms with van der Waals surface area (Å²) in [5.41, 5.74) is 0. The van der Waals surface area contributed by atoms with Gasteiger partial charge in [0.1, 0.15) is 18.0 Å². The van der Waals surface area contributed by atoms with Crippen LogP contribution in [0.15, 0.2) is 0 Å². The van der Waals surface area contributed by atoms with E-state index in [0.717, 1.165) is 0 Å². The SMILES string of the molecule is CC(C)C(=O)CC[C@@H](ON(O)O)[C@@H](C)ON(O)O. The monoisotopic (exact) mass is 268 g/mol. The van der Waals surface area contributed by atoms with Gasteiger partial charge in [0.2, 0.25) is 0 Å². The molecule has 0 aliphatic rings. The summed E-state index contributed by atoms with van der Waals surface area (Å²) in [6.45, 7) is 4.89. The molecular formula is C9H20N2O7. The predicted octanol–water partition coefficient (Wildman–Crippen LogP) is 0.773.